The van der Waals surface area contributed by atoms with E-state index in [2.05, 4.69) is 14.7 Å². The summed E-state index contributed by atoms with van der Waals surface area (Å²) in [7, 11) is 0. The smallest absolute Gasteiger partial charge is 0.233 e. The van der Waals surface area contributed by atoms with E-state index in [1.54, 1.807) is 0 Å². The maximum Gasteiger partial charge on any atom is 0.233 e. The average molecular weight is 321 g/mol. The Bertz CT molecular complexity index is 629. The average Bonchev–Trinajstić information content (AvgIpc) is 3.03. The third-order valence-corrected chi connectivity index (χ3v) is 6.90. The molecule has 0 radical (unpaired) electrons. The van der Waals surface area contributed by atoms with Crippen molar-refractivity contribution in [2.45, 2.75) is 37.7 Å². The van der Waals surface area contributed by atoms with Gasteiger partial charge in [-0.1, -0.05) is 0 Å². The number of anilines is 1. The van der Waals surface area contributed by atoms with Gasteiger partial charge in [0.05, 0.1) is 11.5 Å². The lowest BCUT2D eigenvalue weighted by Gasteiger charge is -2.18. The summed E-state index contributed by atoms with van der Waals surface area (Å²) < 4.78 is 9.77. The minimum absolute atomic E-state index is 0.0521. The summed E-state index contributed by atoms with van der Waals surface area (Å²) >= 11 is 1.27. The van der Waals surface area contributed by atoms with Crippen molar-refractivity contribution in [3.63, 3.8) is 0 Å². The van der Waals surface area contributed by atoms with E-state index in [-0.39, 0.29) is 23.3 Å². The molecule has 4 saturated carbocycles. The molecule has 1 aromatic rings. The highest BCUT2D eigenvalue weighted by Gasteiger charge is 2.82. The molecule has 1 amide bonds. The summed E-state index contributed by atoms with van der Waals surface area (Å²) in [5.41, 5.74) is -0.297. The lowest BCUT2D eigenvalue weighted by Crippen LogP contribution is -2.25. The Morgan fingerprint density at radius 1 is 1.41 bits per heavy atom. The molecule has 6 nitrogen and oxygen atoms in total. The fraction of sp³-hybridized carbons (Fsp3) is 0.800. The first-order valence-electron chi connectivity index (χ1n) is 8.11. The Hall–Kier alpha value is -1.05. The SMILES string of the molecule is O=C(Nc1nc(C2CCOCC2)ns1)[C@]12C[C@@H]3C[C@@H]1C2[C@H]3O. The number of aliphatic hydroxyl groups excluding tert-OH is 1. The van der Waals surface area contributed by atoms with Crippen LogP contribution in [0.15, 0.2) is 0 Å². The van der Waals surface area contributed by atoms with Crippen LogP contribution in [0.1, 0.15) is 37.4 Å². The van der Waals surface area contributed by atoms with Gasteiger partial charge in [0.25, 0.3) is 0 Å². The van der Waals surface area contributed by atoms with E-state index in [1.807, 2.05) is 0 Å². The van der Waals surface area contributed by atoms with Crippen molar-refractivity contribution in [3.05, 3.63) is 5.82 Å². The second-order valence-corrected chi connectivity index (χ2v) is 7.91. The molecule has 5 aliphatic rings. The van der Waals surface area contributed by atoms with Gasteiger partial charge in [0.1, 0.15) is 5.82 Å². The monoisotopic (exact) mass is 321 g/mol. The molecule has 118 valence electrons. The zero-order chi connectivity index (χ0) is 14.9. The molecule has 22 heavy (non-hydrogen) atoms. The quantitative estimate of drug-likeness (QED) is 0.879. The van der Waals surface area contributed by atoms with Crippen molar-refractivity contribution in [1.82, 2.24) is 9.36 Å². The first-order chi connectivity index (χ1) is 10.7. The Morgan fingerprint density at radius 2 is 2.23 bits per heavy atom. The number of carbonyl (C=O) groups is 1. The summed E-state index contributed by atoms with van der Waals surface area (Å²) in [4.78, 5) is 17.2. The maximum atomic E-state index is 12.6. The summed E-state index contributed by atoms with van der Waals surface area (Å²) in [6.07, 6.45) is 3.50. The van der Waals surface area contributed by atoms with Gasteiger partial charge in [0, 0.05) is 36.6 Å². The van der Waals surface area contributed by atoms with E-state index in [0.29, 0.717) is 22.9 Å². The van der Waals surface area contributed by atoms with Gasteiger partial charge >= 0.3 is 0 Å². The number of aromatic nitrogens is 2. The number of ether oxygens (including phenoxy) is 1. The molecule has 0 aromatic carbocycles. The van der Waals surface area contributed by atoms with Crippen LogP contribution in [0.4, 0.5) is 5.13 Å². The van der Waals surface area contributed by atoms with Gasteiger partial charge in [0.15, 0.2) is 0 Å². The van der Waals surface area contributed by atoms with Crippen LogP contribution in [0.25, 0.3) is 0 Å². The molecule has 2 heterocycles. The Balaban J connectivity index is 1.29. The largest absolute Gasteiger partial charge is 0.393 e. The van der Waals surface area contributed by atoms with Gasteiger partial charge in [-0.25, -0.2) is 4.98 Å². The number of nitrogens with zero attached hydrogens (tertiary/aromatic N) is 2. The van der Waals surface area contributed by atoms with E-state index in [9.17, 15) is 9.90 Å². The standard InChI is InChI=1S/C15H19N3O3S/c19-11-8-5-9-10(11)15(9,6-8)13(20)17-14-16-12(18-22-14)7-1-3-21-4-2-7/h7-11,19H,1-6H2,(H,16,17,18,20)/t8-,9+,10?,11-,15+/m0/s1. The molecule has 7 heteroatoms. The highest BCUT2D eigenvalue weighted by molar-refractivity contribution is 7.09. The van der Waals surface area contributed by atoms with Crippen LogP contribution in [0, 0.1) is 23.2 Å². The topological polar surface area (TPSA) is 84.3 Å². The van der Waals surface area contributed by atoms with E-state index < -0.39 is 0 Å². The molecule has 4 aliphatic carbocycles. The molecule has 5 atom stereocenters. The number of nitrogens with one attached hydrogen (secondary N) is 1. The number of carbonyl (C=O) groups excluding carboxylic acids is 1. The van der Waals surface area contributed by atoms with E-state index in [4.69, 9.17) is 4.74 Å². The normalized spacial score (nSPS) is 42.6. The lowest BCUT2D eigenvalue weighted by molar-refractivity contribution is -0.121. The first kappa shape index (κ1) is 13.4. The lowest BCUT2D eigenvalue weighted by atomic mass is 10.00. The predicted molar refractivity (Wildman–Crippen MR) is 79.5 cm³/mol. The van der Waals surface area contributed by atoms with Gasteiger partial charge in [-0.3, -0.25) is 4.79 Å². The summed E-state index contributed by atoms with van der Waals surface area (Å²) in [5.74, 6) is 2.17. The first-order valence-corrected chi connectivity index (χ1v) is 8.88. The minimum atomic E-state index is -0.297. The van der Waals surface area contributed by atoms with Gasteiger partial charge in [-0.15, -0.1) is 0 Å². The fourth-order valence-electron chi connectivity index (χ4n) is 5.17. The molecule has 1 unspecified atom stereocenters. The number of rotatable bonds is 3. The summed E-state index contributed by atoms with van der Waals surface area (Å²) in [6, 6.07) is 0. The Morgan fingerprint density at radius 3 is 2.86 bits per heavy atom. The molecule has 6 rings (SSSR count). The van der Waals surface area contributed by atoms with Crippen molar-refractivity contribution in [3.8, 4) is 0 Å². The number of hydrogen-bond acceptors (Lipinski definition) is 6. The molecule has 5 fully saturated rings. The Kier molecular flexibility index (Phi) is 2.73. The van der Waals surface area contributed by atoms with Gasteiger partial charge in [-0.05, 0) is 37.5 Å². The fourth-order valence-corrected chi connectivity index (χ4v) is 5.81. The van der Waals surface area contributed by atoms with Gasteiger partial charge in [0.2, 0.25) is 11.0 Å². The van der Waals surface area contributed by atoms with Crippen molar-refractivity contribution in [2.75, 3.05) is 18.5 Å². The van der Waals surface area contributed by atoms with Crippen LogP contribution in [-0.4, -0.2) is 39.7 Å². The maximum absolute atomic E-state index is 12.6. The van der Waals surface area contributed by atoms with Crippen molar-refractivity contribution in [2.24, 2.45) is 23.2 Å². The molecular weight excluding hydrogens is 302 g/mol. The minimum Gasteiger partial charge on any atom is -0.393 e. The second-order valence-electron chi connectivity index (χ2n) is 7.16. The third kappa shape index (κ3) is 1.64. The Labute approximate surface area is 132 Å². The number of amides is 1. The zero-order valence-corrected chi connectivity index (χ0v) is 13.0. The van der Waals surface area contributed by atoms with Gasteiger partial charge < -0.3 is 15.2 Å². The van der Waals surface area contributed by atoms with Crippen LogP contribution < -0.4 is 5.32 Å². The van der Waals surface area contributed by atoms with Crippen LogP contribution in [0.5, 0.6) is 0 Å². The highest BCUT2D eigenvalue weighted by atomic mass is 32.1. The molecule has 1 saturated heterocycles. The molecular formula is C15H19N3O3S. The van der Waals surface area contributed by atoms with E-state index in [0.717, 1.165) is 44.7 Å². The number of hydrogen-bond donors (Lipinski definition) is 2. The number of aliphatic hydroxyl groups is 1. The molecule has 4 bridgehead atoms. The molecule has 0 spiro atoms. The van der Waals surface area contributed by atoms with Crippen LogP contribution in [0.3, 0.4) is 0 Å². The van der Waals surface area contributed by atoms with Crippen LogP contribution >= 0.6 is 11.5 Å². The predicted octanol–water partition coefficient (Wildman–Crippen LogP) is 1.39. The van der Waals surface area contributed by atoms with Crippen LogP contribution in [0.2, 0.25) is 0 Å². The van der Waals surface area contributed by atoms with Gasteiger partial charge in [-0.2, -0.15) is 4.37 Å². The zero-order valence-electron chi connectivity index (χ0n) is 12.2. The molecule has 1 aliphatic heterocycles. The van der Waals surface area contributed by atoms with Crippen LogP contribution in [-0.2, 0) is 9.53 Å². The van der Waals surface area contributed by atoms with Crippen molar-refractivity contribution in [1.29, 1.82) is 0 Å². The summed E-state index contributed by atoms with van der Waals surface area (Å²) in [5, 5.41) is 13.7. The highest BCUT2D eigenvalue weighted by Crippen LogP contribution is 2.79. The second kappa shape index (κ2) is 4.49. The van der Waals surface area contributed by atoms with Crippen molar-refractivity contribution < 1.29 is 14.6 Å². The summed E-state index contributed by atoms with van der Waals surface area (Å²) in [6.45, 7) is 1.52. The van der Waals surface area contributed by atoms with E-state index >= 15 is 0 Å². The molecule has 1 aromatic heterocycles. The molecule has 2 N–H and O–H groups in total. The van der Waals surface area contributed by atoms with Crippen molar-refractivity contribution >= 4 is 22.6 Å². The van der Waals surface area contributed by atoms with E-state index in [1.165, 1.54) is 11.5 Å². The third-order valence-electron chi connectivity index (χ3n) is 6.26.